The number of hydrogen-bond donors (Lipinski definition) is 4. The number of nitrogens with zero attached hydrogens (tertiary/aromatic N) is 1. The van der Waals surface area contributed by atoms with Crippen molar-refractivity contribution in [3.05, 3.63) is 0 Å². The summed E-state index contributed by atoms with van der Waals surface area (Å²) in [6, 6.07) is -0.465. The number of carbonyl (C=O) groups is 1. The lowest BCUT2D eigenvalue weighted by Gasteiger charge is -2.23. The van der Waals surface area contributed by atoms with Gasteiger partial charge in [0.25, 0.3) is 0 Å². The second-order valence-corrected chi connectivity index (χ2v) is 3.99. The normalized spacial score (nSPS) is 16.4. The van der Waals surface area contributed by atoms with Crippen molar-refractivity contribution >= 4 is 11.7 Å². The van der Waals surface area contributed by atoms with E-state index in [1.165, 1.54) is 0 Å². The Kier molecular flexibility index (Phi) is 5.69. The molecule has 0 spiro atoms. The largest absolute Gasteiger partial charge is 0.409 e. The third kappa shape index (κ3) is 5.21. The predicted octanol–water partition coefficient (Wildman–Crippen LogP) is -0.389. The Morgan fingerprint density at radius 1 is 1.40 bits per heavy atom. The van der Waals surface area contributed by atoms with Gasteiger partial charge in [-0.25, -0.2) is 0 Å². The summed E-state index contributed by atoms with van der Waals surface area (Å²) in [5, 5.41) is 14.3. The highest BCUT2D eigenvalue weighted by atomic mass is 16.4. The van der Waals surface area contributed by atoms with Gasteiger partial charge >= 0.3 is 0 Å². The van der Waals surface area contributed by atoms with Gasteiger partial charge in [0.1, 0.15) is 5.84 Å². The zero-order valence-electron chi connectivity index (χ0n) is 9.40. The topological polar surface area (TPSA) is 114 Å². The fourth-order valence-corrected chi connectivity index (χ4v) is 1.32. The minimum Gasteiger partial charge on any atom is -0.409 e. The third-order valence-corrected chi connectivity index (χ3v) is 2.08. The molecule has 2 unspecified atom stereocenters. The van der Waals surface area contributed by atoms with Crippen LogP contribution in [-0.2, 0) is 4.79 Å². The first-order chi connectivity index (χ1) is 6.88. The molecule has 0 rings (SSSR count). The molecule has 88 valence electrons. The second-order valence-electron chi connectivity index (χ2n) is 3.99. The van der Waals surface area contributed by atoms with E-state index < -0.39 is 11.9 Å². The van der Waals surface area contributed by atoms with Crippen LogP contribution in [0.15, 0.2) is 5.16 Å². The molecule has 0 bridgehead atoms. The van der Waals surface area contributed by atoms with Gasteiger partial charge in [0.2, 0.25) is 5.91 Å². The van der Waals surface area contributed by atoms with E-state index in [0.29, 0.717) is 6.42 Å². The number of rotatable bonds is 6. The molecule has 1 amide bonds. The predicted molar refractivity (Wildman–Crippen MR) is 58.4 cm³/mol. The summed E-state index contributed by atoms with van der Waals surface area (Å²) in [6.45, 7) is 5.65. The van der Waals surface area contributed by atoms with Crippen molar-refractivity contribution in [2.75, 3.05) is 0 Å². The maximum Gasteiger partial charge on any atom is 0.234 e. The molecule has 0 heterocycles. The molecule has 0 fully saturated rings. The molecule has 2 atom stereocenters. The lowest BCUT2D eigenvalue weighted by molar-refractivity contribution is -0.121. The summed E-state index contributed by atoms with van der Waals surface area (Å²) in [6.07, 6.45) is 0.368. The fourth-order valence-electron chi connectivity index (χ4n) is 1.32. The Morgan fingerprint density at radius 3 is 2.27 bits per heavy atom. The zero-order valence-corrected chi connectivity index (χ0v) is 9.40. The van der Waals surface area contributed by atoms with Crippen LogP contribution in [0.1, 0.15) is 27.2 Å². The molecule has 15 heavy (non-hydrogen) atoms. The van der Waals surface area contributed by atoms with E-state index in [-0.39, 0.29) is 17.8 Å². The summed E-state index contributed by atoms with van der Waals surface area (Å²) < 4.78 is 0. The van der Waals surface area contributed by atoms with Gasteiger partial charge in [0, 0.05) is 12.5 Å². The molecule has 0 radical (unpaired) electrons. The number of primary amides is 1. The summed E-state index contributed by atoms with van der Waals surface area (Å²) in [4.78, 5) is 11.1. The molecule has 0 aromatic carbocycles. The van der Waals surface area contributed by atoms with Crippen LogP contribution < -0.4 is 16.8 Å². The average Bonchev–Trinajstić information content (AvgIpc) is 2.12. The molecule has 6 N–H and O–H groups in total. The average molecular weight is 216 g/mol. The quantitative estimate of drug-likeness (QED) is 0.209. The number of hydrogen-bond acceptors (Lipinski definition) is 4. The number of nitrogens with two attached hydrogens (primary N) is 2. The molecule has 0 aromatic heterocycles. The van der Waals surface area contributed by atoms with Gasteiger partial charge < -0.3 is 22.0 Å². The number of amides is 1. The molecule has 0 aliphatic carbocycles. The Morgan fingerprint density at radius 2 is 1.93 bits per heavy atom. The summed E-state index contributed by atoms with van der Waals surface area (Å²) >= 11 is 0. The van der Waals surface area contributed by atoms with Gasteiger partial charge in [-0.1, -0.05) is 19.0 Å². The summed E-state index contributed by atoms with van der Waals surface area (Å²) in [7, 11) is 0. The monoisotopic (exact) mass is 216 g/mol. The smallest absolute Gasteiger partial charge is 0.234 e. The summed E-state index contributed by atoms with van der Waals surface area (Å²) in [5.74, 6) is -0.157. The van der Waals surface area contributed by atoms with Crippen LogP contribution in [0.25, 0.3) is 0 Å². The molecule has 0 aliphatic rings. The Hall–Kier alpha value is -1.30. The molecular weight excluding hydrogens is 196 g/mol. The van der Waals surface area contributed by atoms with Crippen LogP contribution in [0, 0.1) is 5.92 Å². The van der Waals surface area contributed by atoms with Crippen LogP contribution in [0.2, 0.25) is 0 Å². The second kappa shape index (κ2) is 6.23. The minimum atomic E-state index is -0.397. The first kappa shape index (κ1) is 13.7. The van der Waals surface area contributed by atoms with E-state index in [4.69, 9.17) is 16.7 Å². The Balaban J connectivity index is 4.23. The van der Waals surface area contributed by atoms with Gasteiger partial charge in [-0.3, -0.25) is 4.79 Å². The maximum atomic E-state index is 11.1. The van der Waals surface area contributed by atoms with E-state index in [2.05, 4.69) is 10.5 Å². The van der Waals surface area contributed by atoms with Crippen LogP contribution >= 0.6 is 0 Å². The van der Waals surface area contributed by atoms with Gasteiger partial charge in [0.05, 0.1) is 6.04 Å². The Bertz CT molecular complexity index is 240. The highest BCUT2D eigenvalue weighted by molar-refractivity contribution is 5.81. The zero-order chi connectivity index (χ0) is 12.0. The number of oxime groups is 1. The first-order valence-electron chi connectivity index (χ1n) is 4.90. The van der Waals surface area contributed by atoms with E-state index in [0.717, 1.165) is 0 Å². The lowest BCUT2D eigenvalue weighted by atomic mass is 10.0. The number of amidine groups is 1. The van der Waals surface area contributed by atoms with Crippen LogP contribution in [0.5, 0.6) is 0 Å². The van der Waals surface area contributed by atoms with E-state index in [9.17, 15) is 4.79 Å². The SMILES string of the molecule is CC(CC(N)=NO)NC(C(N)=O)C(C)C. The van der Waals surface area contributed by atoms with E-state index >= 15 is 0 Å². The van der Waals surface area contributed by atoms with E-state index in [1.807, 2.05) is 20.8 Å². The number of carbonyl (C=O) groups excluding carboxylic acids is 1. The van der Waals surface area contributed by atoms with E-state index in [1.54, 1.807) is 0 Å². The molecule has 0 aromatic rings. The third-order valence-electron chi connectivity index (χ3n) is 2.08. The van der Waals surface area contributed by atoms with Crippen LogP contribution in [0.3, 0.4) is 0 Å². The van der Waals surface area contributed by atoms with Crippen molar-refractivity contribution < 1.29 is 10.0 Å². The molecule has 6 heteroatoms. The van der Waals surface area contributed by atoms with Crippen molar-refractivity contribution in [1.29, 1.82) is 0 Å². The van der Waals surface area contributed by atoms with Crippen molar-refractivity contribution in [2.45, 2.75) is 39.3 Å². The van der Waals surface area contributed by atoms with Crippen LogP contribution in [0.4, 0.5) is 0 Å². The molecular formula is C9H20N4O2. The van der Waals surface area contributed by atoms with Gasteiger partial charge in [-0.05, 0) is 12.8 Å². The van der Waals surface area contributed by atoms with Crippen LogP contribution in [-0.4, -0.2) is 29.0 Å². The molecule has 0 saturated carbocycles. The van der Waals surface area contributed by atoms with Crippen molar-refractivity contribution in [1.82, 2.24) is 5.32 Å². The standard InChI is InChI=1S/C9H20N4O2/c1-5(2)8(9(11)14)12-6(3)4-7(10)13-15/h5-6,8,12,15H,4H2,1-3H3,(H2,10,13)(H2,11,14). The highest BCUT2D eigenvalue weighted by Gasteiger charge is 2.21. The van der Waals surface area contributed by atoms with Crippen molar-refractivity contribution in [2.24, 2.45) is 22.5 Å². The van der Waals surface area contributed by atoms with Crippen molar-refractivity contribution in [3.63, 3.8) is 0 Å². The van der Waals surface area contributed by atoms with Gasteiger partial charge in [-0.2, -0.15) is 0 Å². The van der Waals surface area contributed by atoms with Gasteiger partial charge in [0.15, 0.2) is 0 Å². The first-order valence-corrected chi connectivity index (χ1v) is 4.90. The van der Waals surface area contributed by atoms with Gasteiger partial charge in [-0.15, -0.1) is 0 Å². The Labute approximate surface area is 89.7 Å². The van der Waals surface area contributed by atoms with Crippen molar-refractivity contribution in [3.8, 4) is 0 Å². The molecule has 0 saturated heterocycles. The molecule has 6 nitrogen and oxygen atoms in total. The fraction of sp³-hybridized carbons (Fsp3) is 0.778. The minimum absolute atomic E-state index is 0.0687. The highest BCUT2D eigenvalue weighted by Crippen LogP contribution is 2.03. The summed E-state index contributed by atoms with van der Waals surface area (Å²) in [5.41, 5.74) is 10.6. The number of nitrogens with one attached hydrogen (secondary N) is 1. The maximum absolute atomic E-state index is 11.1. The lowest BCUT2D eigenvalue weighted by Crippen LogP contribution is -2.49. The molecule has 0 aliphatic heterocycles.